The van der Waals surface area contributed by atoms with Crippen molar-refractivity contribution in [2.45, 2.75) is 39.5 Å². The zero-order valence-corrected chi connectivity index (χ0v) is 11.3. The van der Waals surface area contributed by atoms with E-state index < -0.39 is 0 Å². The second-order valence-corrected chi connectivity index (χ2v) is 5.14. The fourth-order valence-electron chi connectivity index (χ4n) is 2.42. The molecule has 0 aliphatic carbocycles. The maximum atomic E-state index is 3.55. The van der Waals surface area contributed by atoms with Gasteiger partial charge in [-0.05, 0) is 43.4 Å². The number of hydrogen-bond donors (Lipinski definition) is 1. The van der Waals surface area contributed by atoms with Gasteiger partial charge in [-0.1, -0.05) is 19.9 Å². The van der Waals surface area contributed by atoms with Gasteiger partial charge < -0.3 is 10.2 Å². The van der Waals surface area contributed by atoms with Gasteiger partial charge in [-0.2, -0.15) is 0 Å². The quantitative estimate of drug-likeness (QED) is 0.833. The molecule has 0 spiro atoms. The smallest absolute Gasteiger partial charge is 0.0604 e. The molecule has 2 nitrogen and oxygen atoms in total. The molecule has 1 N–H and O–H groups in total. The van der Waals surface area contributed by atoms with Crippen molar-refractivity contribution in [2.75, 3.05) is 29.9 Å². The average Bonchev–Trinajstić information content (AvgIpc) is 2.30. The van der Waals surface area contributed by atoms with Crippen LogP contribution in [0.4, 0.5) is 11.4 Å². The Kier molecular flexibility index (Phi) is 3.93. The van der Waals surface area contributed by atoms with E-state index >= 15 is 0 Å². The van der Waals surface area contributed by atoms with Crippen molar-refractivity contribution in [3.63, 3.8) is 0 Å². The molecule has 0 radical (unpaired) electrons. The number of anilines is 2. The van der Waals surface area contributed by atoms with Crippen molar-refractivity contribution in [1.82, 2.24) is 0 Å². The molecular weight excluding hydrogens is 208 g/mol. The summed E-state index contributed by atoms with van der Waals surface area (Å²) in [6.07, 6.45) is 2.55. The van der Waals surface area contributed by atoms with E-state index in [2.05, 4.69) is 49.2 Å². The molecule has 1 heterocycles. The first-order chi connectivity index (χ1) is 8.22. The van der Waals surface area contributed by atoms with Crippen LogP contribution in [0.25, 0.3) is 0 Å². The van der Waals surface area contributed by atoms with Gasteiger partial charge in [0.05, 0.1) is 11.4 Å². The molecule has 0 aromatic heterocycles. The van der Waals surface area contributed by atoms with E-state index in [-0.39, 0.29) is 0 Å². The molecule has 17 heavy (non-hydrogen) atoms. The molecule has 94 valence electrons. The Morgan fingerprint density at radius 3 is 2.82 bits per heavy atom. The summed E-state index contributed by atoms with van der Waals surface area (Å²) in [6, 6.07) is 6.87. The summed E-state index contributed by atoms with van der Waals surface area (Å²) in [5.74, 6) is 0.601. The van der Waals surface area contributed by atoms with E-state index in [0.717, 1.165) is 13.1 Å². The second kappa shape index (κ2) is 5.44. The van der Waals surface area contributed by atoms with Crippen LogP contribution in [-0.4, -0.2) is 19.6 Å². The van der Waals surface area contributed by atoms with Crippen LogP contribution in [0.3, 0.4) is 0 Å². The highest BCUT2D eigenvalue weighted by Gasteiger charge is 2.13. The van der Waals surface area contributed by atoms with Gasteiger partial charge in [0.25, 0.3) is 0 Å². The van der Waals surface area contributed by atoms with Crippen molar-refractivity contribution >= 4 is 11.4 Å². The third-order valence-corrected chi connectivity index (χ3v) is 3.58. The van der Waals surface area contributed by atoms with Crippen molar-refractivity contribution in [2.24, 2.45) is 0 Å². The fourth-order valence-corrected chi connectivity index (χ4v) is 2.42. The molecule has 1 aromatic rings. The van der Waals surface area contributed by atoms with Crippen LogP contribution in [0.1, 0.15) is 45.1 Å². The first-order valence-corrected chi connectivity index (χ1v) is 6.85. The molecule has 0 bridgehead atoms. The topological polar surface area (TPSA) is 15.3 Å². The molecule has 2 heteroatoms. The zero-order chi connectivity index (χ0) is 12.3. The van der Waals surface area contributed by atoms with Gasteiger partial charge >= 0.3 is 0 Å². The van der Waals surface area contributed by atoms with Crippen LogP contribution in [0.5, 0.6) is 0 Å². The molecule has 2 rings (SSSR count). The number of nitrogens with zero attached hydrogens (tertiary/aromatic N) is 1. The van der Waals surface area contributed by atoms with Crippen LogP contribution in [0.2, 0.25) is 0 Å². The van der Waals surface area contributed by atoms with Crippen molar-refractivity contribution in [1.29, 1.82) is 0 Å². The molecule has 1 aliphatic rings. The summed E-state index contributed by atoms with van der Waals surface area (Å²) < 4.78 is 0. The van der Waals surface area contributed by atoms with Gasteiger partial charge in [-0.15, -0.1) is 0 Å². The second-order valence-electron chi connectivity index (χ2n) is 5.14. The Morgan fingerprint density at radius 1 is 1.29 bits per heavy atom. The highest BCUT2D eigenvalue weighted by Crippen LogP contribution is 2.31. The maximum Gasteiger partial charge on any atom is 0.0604 e. The highest BCUT2D eigenvalue weighted by atomic mass is 15.1. The number of benzene rings is 1. The van der Waals surface area contributed by atoms with E-state index in [1.165, 1.54) is 36.3 Å². The first kappa shape index (κ1) is 12.3. The number of rotatable bonds is 2. The lowest BCUT2D eigenvalue weighted by atomic mass is 10.0. The Bertz CT molecular complexity index is 371. The summed E-state index contributed by atoms with van der Waals surface area (Å²) in [5, 5.41) is 3.55. The minimum Gasteiger partial charge on any atom is -0.383 e. The molecule has 0 amide bonds. The van der Waals surface area contributed by atoms with E-state index in [1.54, 1.807) is 0 Å². The molecular formula is C15H24N2. The standard InChI is InChI=1S/C15H24N2/c1-4-17-10-6-5-9-16-14-8-7-13(12(2)3)11-15(14)17/h7-8,11-12,16H,4-6,9-10H2,1-3H3. The van der Waals surface area contributed by atoms with Gasteiger partial charge in [0, 0.05) is 19.6 Å². The molecule has 0 saturated heterocycles. The van der Waals surface area contributed by atoms with Gasteiger partial charge in [-0.25, -0.2) is 0 Å². The molecule has 1 aliphatic heterocycles. The lowest BCUT2D eigenvalue weighted by Crippen LogP contribution is -2.27. The molecule has 0 unspecified atom stereocenters. The Hall–Kier alpha value is -1.18. The van der Waals surface area contributed by atoms with Gasteiger partial charge in [-0.3, -0.25) is 0 Å². The van der Waals surface area contributed by atoms with Crippen LogP contribution in [0, 0.1) is 0 Å². The Labute approximate surface area is 105 Å². The minimum absolute atomic E-state index is 0.601. The molecule has 0 fully saturated rings. The number of hydrogen-bond acceptors (Lipinski definition) is 2. The first-order valence-electron chi connectivity index (χ1n) is 6.85. The third-order valence-electron chi connectivity index (χ3n) is 3.58. The maximum absolute atomic E-state index is 3.55. The Morgan fingerprint density at radius 2 is 2.12 bits per heavy atom. The predicted octanol–water partition coefficient (Wildman–Crippen LogP) is 3.84. The van der Waals surface area contributed by atoms with Crippen molar-refractivity contribution in [3.05, 3.63) is 23.8 Å². The average molecular weight is 232 g/mol. The van der Waals surface area contributed by atoms with Crippen LogP contribution >= 0.6 is 0 Å². The van der Waals surface area contributed by atoms with Crippen LogP contribution < -0.4 is 10.2 Å². The van der Waals surface area contributed by atoms with Crippen LogP contribution in [-0.2, 0) is 0 Å². The Balaban J connectivity index is 2.37. The molecule has 0 atom stereocenters. The van der Waals surface area contributed by atoms with E-state index in [1.807, 2.05) is 0 Å². The SMILES string of the molecule is CCN1CCCCNc2ccc(C(C)C)cc21. The van der Waals surface area contributed by atoms with Gasteiger partial charge in [0.2, 0.25) is 0 Å². The van der Waals surface area contributed by atoms with E-state index in [0.29, 0.717) is 5.92 Å². The predicted molar refractivity (Wildman–Crippen MR) is 76.1 cm³/mol. The van der Waals surface area contributed by atoms with Crippen LogP contribution in [0.15, 0.2) is 18.2 Å². The normalized spacial score (nSPS) is 16.1. The molecule has 1 aromatic carbocycles. The van der Waals surface area contributed by atoms with Crippen molar-refractivity contribution in [3.8, 4) is 0 Å². The van der Waals surface area contributed by atoms with Gasteiger partial charge in [0.1, 0.15) is 0 Å². The summed E-state index contributed by atoms with van der Waals surface area (Å²) in [5.41, 5.74) is 4.12. The molecule has 0 saturated carbocycles. The monoisotopic (exact) mass is 232 g/mol. The van der Waals surface area contributed by atoms with E-state index in [9.17, 15) is 0 Å². The lowest BCUT2D eigenvalue weighted by molar-refractivity contribution is 0.703. The highest BCUT2D eigenvalue weighted by molar-refractivity contribution is 5.71. The summed E-state index contributed by atoms with van der Waals surface area (Å²) in [7, 11) is 0. The zero-order valence-electron chi connectivity index (χ0n) is 11.3. The largest absolute Gasteiger partial charge is 0.383 e. The number of nitrogens with one attached hydrogen (secondary N) is 1. The lowest BCUT2D eigenvalue weighted by Gasteiger charge is -2.29. The third kappa shape index (κ3) is 2.74. The summed E-state index contributed by atoms with van der Waals surface area (Å²) in [6.45, 7) is 10.1. The van der Waals surface area contributed by atoms with Gasteiger partial charge in [0.15, 0.2) is 0 Å². The fraction of sp³-hybridized carbons (Fsp3) is 0.600. The number of fused-ring (bicyclic) bond motifs is 1. The minimum atomic E-state index is 0.601. The van der Waals surface area contributed by atoms with Crippen molar-refractivity contribution < 1.29 is 0 Å². The summed E-state index contributed by atoms with van der Waals surface area (Å²) >= 11 is 0. The van der Waals surface area contributed by atoms with E-state index in [4.69, 9.17) is 0 Å². The summed E-state index contributed by atoms with van der Waals surface area (Å²) in [4.78, 5) is 2.49.